The van der Waals surface area contributed by atoms with Crippen LogP contribution in [0.3, 0.4) is 0 Å². The Balaban J connectivity index is 2.03. The molecule has 3 rings (SSSR count). The van der Waals surface area contributed by atoms with Crippen molar-refractivity contribution in [3.63, 3.8) is 0 Å². The molecule has 0 fully saturated rings. The zero-order valence-corrected chi connectivity index (χ0v) is 15.2. The lowest BCUT2D eigenvalue weighted by Crippen LogP contribution is -2.17. The van der Waals surface area contributed by atoms with Crippen LogP contribution in [0.1, 0.15) is 15.9 Å². The van der Waals surface area contributed by atoms with Gasteiger partial charge >= 0.3 is 12.3 Å². The van der Waals surface area contributed by atoms with Crippen molar-refractivity contribution < 1.29 is 36.6 Å². The molecule has 0 spiro atoms. The lowest BCUT2D eigenvalue weighted by atomic mass is 9.98. The van der Waals surface area contributed by atoms with Gasteiger partial charge in [-0.3, -0.25) is 0 Å². The number of alkyl halides is 3. The molecule has 3 aromatic rings. The summed E-state index contributed by atoms with van der Waals surface area (Å²) in [5.41, 5.74) is -0.906. The van der Waals surface area contributed by atoms with E-state index in [1.807, 2.05) is 0 Å². The SMILES string of the molecule is Cc1c(-c2cccc(OC(F)(F)F)c2)cc(F)c(Nc2ncccc2C(=O)O)c1F. The van der Waals surface area contributed by atoms with Crippen LogP contribution in [0.15, 0.2) is 48.7 Å². The maximum atomic E-state index is 14.9. The summed E-state index contributed by atoms with van der Waals surface area (Å²) in [6.07, 6.45) is -3.67. The number of nitrogens with zero attached hydrogens (tertiary/aromatic N) is 1. The fourth-order valence-corrected chi connectivity index (χ4v) is 2.79. The monoisotopic (exact) mass is 424 g/mol. The van der Waals surface area contributed by atoms with E-state index in [2.05, 4.69) is 15.0 Å². The maximum absolute atomic E-state index is 14.9. The maximum Gasteiger partial charge on any atom is 0.573 e. The Bertz CT molecular complexity index is 1120. The second-order valence-electron chi connectivity index (χ2n) is 6.13. The first-order chi connectivity index (χ1) is 14.1. The Kier molecular flexibility index (Phi) is 5.59. The van der Waals surface area contributed by atoms with Gasteiger partial charge in [0.1, 0.15) is 28.6 Å². The summed E-state index contributed by atoms with van der Waals surface area (Å²) in [6.45, 7) is 1.31. The largest absolute Gasteiger partial charge is 0.573 e. The Morgan fingerprint density at radius 1 is 1.13 bits per heavy atom. The van der Waals surface area contributed by atoms with Gasteiger partial charge in [0.15, 0.2) is 5.82 Å². The normalized spacial score (nSPS) is 11.3. The Labute approximate surface area is 166 Å². The van der Waals surface area contributed by atoms with Gasteiger partial charge < -0.3 is 15.2 Å². The molecule has 0 atom stereocenters. The molecule has 0 bridgehead atoms. The quantitative estimate of drug-likeness (QED) is 0.516. The number of halogens is 5. The van der Waals surface area contributed by atoms with E-state index in [-0.39, 0.29) is 28.1 Å². The third-order valence-electron chi connectivity index (χ3n) is 4.12. The van der Waals surface area contributed by atoms with Gasteiger partial charge in [-0.1, -0.05) is 12.1 Å². The van der Waals surface area contributed by atoms with Gasteiger partial charge in [-0.2, -0.15) is 0 Å². The average Bonchev–Trinajstić information content (AvgIpc) is 2.67. The lowest BCUT2D eigenvalue weighted by Gasteiger charge is -2.15. The Morgan fingerprint density at radius 3 is 2.53 bits per heavy atom. The number of ether oxygens (including phenoxy) is 1. The van der Waals surface area contributed by atoms with Gasteiger partial charge in [0.05, 0.1) is 0 Å². The first-order valence-electron chi connectivity index (χ1n) is 8.37. The molecule has 0 aliphatic rings. The third kappa shape index (κ3) is 4.48. The minimum Gasteiger partial charge on any atom is -0.478 e. The van der Waals surface area contributed by atoms with Gasteiger partial charge in [0.2, 0.25) is 0 Å². The van der Waals surface area contributed by atoms with Crippen LogP contribution in [0.2, 0.25) is 0 Å². The van der Waals surface area contributed by atoms with Gasteiger partial charge in [-0.25, -0.2) is 18.6 Å². The summed E-state index contributed by atoms with van der Waals surface area (Å²) in [7, 11) is 0. The van der Waals surface area contributed by atoms with Gasteiger partial charge in [0.25, 0.3) is 0 Å². The van der Waals surface area contributed by atoms with E-state index in [4.69, 9.17) is 0 Å². The number of anilines is 2. The van der Waals surface area contributed by atoms with Crippen LogP contribution in [0.25, 0.3) is 11.1 Å². The van der Waals surface area contributed by atoms with E-state index >= 15 is 0 Å². The highest BCUT2D eigenvalue weighted by Crippen LogP contribution is 2.35. The highest BCUT2D eigenvalue weighted by molar-refractivity contribution is 5.94. The van der Waals surface area contributed by atoms with Crippen LogP contribution in [0.5, 0.6) is 5.75 Å². The van der Waals surface area contributed by atoms with E-state index in [1.165, 1.54) is 37.4 Å². The zero-order valence-electron chi connectivity index (χ0n) is 15.2. The summed E-state index contributed by atoms with van der Waals surface area (Å²) in [5.74, 6) is -4.29. The number of rotatable bonds is 5. The van der Waals surface area contributed by atoms with Crippen molar-refractivity contribution in [3.8, 4) is 16.9 Å². The standard InChI is InChI=1S/C20H13F5N2O3/c1-10-14(11-4-2-5-12(8-11)30-20(23,24)25)9-15(21)17(16(10)22)27-18-13(19(28)29)6-3-7-26-18/h2-9H,1H3,(H,26,27)(H,28,29). The minimum absolute atomic E-state index is 0.00246. The van der Waals surface area contributed by atoms with Crippen molar-refractivity contribution >= 4 is 17.5 Å². The van der Waals surface area contributed by atoms with E-state index in [9.17, 15) is 31.9 Å². The van der Waals surface area contributed by atoms with Crippen LogP contribution in [0, 0.1) is 18.6 Å². The van der Waals surface area contributed by atoms with Crippen LogP contribution in [0.4, 0.5) is 33.5 Å². The van der Waals surface area contributed by atoms with Crippen molar-refractivity contribution in [3.05, 3.63) is 71.4 Å². The summed E-state index contributed by atoms with van der Waals surface area (Å²) in [5, 5.41) is 11.5. The summed E-state index contributed by atoms with van der Waals surface area (Å²) in [4.78, 5) is 15.0. The molecule has 0 amide bonds. The Hall–Kier alpha value is -3.69. The molecule has 5 nitrogen and oxygen atoms in total. The fourth-order valence-electron chi connectivity index (χ4n) is 2.79. The second kappa shape index (κ2) is 7.97. The number of hydrogen-bond donors (Lipinski definition) is 2. The number of aromatic nitrogens is 1. The van der Waals surface area contributed by atoms with E-state index < -0.39 is 35.4 Å². The molecule has 1 aromatic heterocycles. The van der Waals surface area contributed by atoms with Crippen LogP contribution in [-0.2, 0) is 0 Å². The third-order valence-corrected chi connectivity index (χ3v) is 4.12. The topological polar surface area (TPSA) is 71.5 Å². The molecule has 0 unspecified atom stereocenters. The number of hydrogen-bond acceptors (Lipinski definition) is 4. The lowest BCUT2D eigenvalue weighted by molar-refractivity contribution is -0.274. The van der Waals surface area contributed by atoms with Crippen LogP contribution < -0.4 is 10.1 Å². The average molecular weight is 424 g/mol. The molecule has 0 saturated carbocycles. The first-order valence-corrected chi connectivity index (χ1v) is 8.37. The van der Waals surface area contributed by atoms with Gasteiger partial charge in [-0.05, 0) is 53.9 Å². The molecule has 2 N–H and O–H groups in total. The predicted molar refractivity (Wildman–Crippen MR) is 97.7 cm³/mol. The number of benzene rings is 2. The molecule has 30 heavy (non-hydrogen) atoms. The molecule has 0 radical (unpaired) electrons. The molecule has 1 heterocycles. The second-order valence-corrected chi connectivity index (χ2v) is 6.13. The highest BCUT2D eigenvalue weighted by Gasteiger charge is 2.31. The van der Waals surface area contributed by atoms with E-state index in [0.717, 1.165) is 18.2 Å². The number of aromatic carboxylic acids is 1. The molecule has 0 saturated heterocycles. The van der Waals surface area contributed by atoms with Crippen molar-refractivity contribution in [2.75, 3.05) is 5.32 Å². The molecule has 10 heteroatoms. The predicted octanol–water partition coefficient (Wildman–Crippen LogP) is 5.68. The van der Waals surface area contributed by atoms with E-state index in [0.29, 0.717) is 0 Å². The van der Waals surface area contributed by atoms with Crippen molar-refractivity contribution in [2.24, 2.45) is 0 Å². The number of pyridine rings is 1. The highest BCUT2D eigenvalue weighted by atomic mass is 19.4. The minimum atomic E-state index is -4.91. The van der Waals surface area contributed by atoms with Crippen LogP contribution in [-0.4, -0.2) is 22.4 Å². The fraction of sp³-hybridized carbons (Fsp3) is 0.100. The molecule has 2 aromatic carbocycles. The van der Waals surface area contributed by atoms with E-state index in [1.54, 1.807) is 0 Å². The van der Waals surface area contributed by atoms with Gasteiger partial charge in [0, 0.05) is 6.20 Å². The summed E-state index contributed by atoms with van der Waals surface area (Å²) < 4.78 is 70.7. The van der Waals surface area contributed by atoms with Crippen molar-refractivity contribution in [1.82, 2.24) is 4.98 Å². The smallest absolute Gasteiger partial charge is 0.478 e. The first kappa shape index (κ1) is 21.0. The molecule has 0 aliphatic carbocycles. The molecular formula is C20H13F5N2O3. The number of carboxylic acids is 1. The van der Waals surface area contributed by atoms with Crippen LogP contribution >= 0.6 is 0 Å². The number of carboxylic acid groups (broad SMARTS) is 1. The molecule has 156 valence electrons. The zero-order chi connectivity index (χ0) is 22.1. The molecule has 0 aliphatic heterocycles. The van der Waals surface area contributed by atoms with Gasteiger partial charge in [-0.15, -0.1) is 13.2 Å². The van der Waals surface area contributed by atoms with Crippen molar-refractivity contribution in [1.29, 1.82) is 0 Å². The number of carbonyl (C=O) groups is 1. The van der Waals surface area contributed by atoms with Crippen molar-refractivity contribution in [2.45, 2.75) is 13.3 Å². The number of nitrogens with one attached hydrogen (secondary N) is 1. The Morgan fingerprint density at radius 2 is 1.87 bits per heavy atom. The molecular weight excluding hydrogens is 411 g/mol. The summed E-state index contributed by atoms with van der Waals surface area (Å²) in [6, 6.07) is 8.18. The summed E-state index contributed by atoms with van der Waals surface area (Å²) >= 11 is 0.